The maximum Gasteiger partial charge on any atom is 0.338 e. The second kappa shape index (κ2) is 17.6. The third-order valence-corrected chi connectivity index (χ3v) is 20.3. The van der Waals surface area contributed by atoms with Gasteiger partial charge in [-0.25, -0.2) is 9.59 Å². The zero-order valence-electron chi connectivity index (χ0n) is 39.9. The van der Waals surface area contributed by atoms with Crippen molar-refractivity contribution < 1.29 is 57.6 Å². The van der Waals surface area contributed by atoms with E-state index in [0.29, 0.717) is 16.7 Å². The van der Waals surface area contributed by atoms with Crippen molar-refractivity contribution in [3.05, 3.63) is 119 Å². The van der Waals surface area contributed by atoms with Crippen molar-refractivity contribution in [2.75, 3.05) is 6.61 Å². The van der Waals surface area contributed by atoms with Gasteiger partial charge in [-0.3, -0.25) is 14.4 Å². The van der Waals surface area contributed by atoms with Gasteiger partial charge in [0.1, 0.15) is 30.0 Å². The van der Waals surface area contributed by atoms with Crippen LogP contribution in [0.4, 0.5) is 0 Å². The number of ketones is 1. The number of carbonyl (C=O) groups excluding carboxylic acids is 5. The van der Waals surface area contributed by atoms with Crippen LogP contribution in [0.3, 0.4) is 0 Å². The lowest BCUT2D eigenvalue weighted by Crippen LogP contribution is -2.80. The predicted molar refractivity (Wildman–Crippen MR) is 247 cm³/mol. The number of rotatable bonds is 11. The molecule has 0 aromatic heterocycles. The number of ether oxygens (including phenoxy) is 4. The van der Waals surface area contributed by atoms with Crippen LogP contribution in [0.2, 0.25) is 18.1 Å². The monoisotopic (exact) mass is 923 g/mol. The average Bonchev–Trinajstić information content (AvgIpc) is 3.26. The van der Waals surface area contributed by atoms with E-state index in [1.165, 1.54) is 6.92 Å². The Balaban J connectivity index is 1.40. The summed E-state index contributed by atoms with van der Waals surface area (Å²) in [7, 11) is -2.87. The second-order valence-electron chi connectivity index (χ2n) is 21.0. The van der Waals surface area contributed by atoms with Crippen LogP contribution >= 0.6 is 0 Å². The summed E-state index contributed by atoms with van der Waals surface area (Å²) in [5.41, 5.74) is -5.34. The summed E-state index contributed by atoms with van der Waals surface area (Å²) in [6.45, 7) is 19.6. The van der Waals surface area contributed by atoms with E-state index in [0.717, 1.165) is 0 Å². The molecule has 4 aliphatic rings. The second-order valence-corrected chi connectivity index (χ2v) is 25.8. The van der Waals surface area contributed by atoms with E-state index in [2.05, 4.69) is 5.32 Å². The van der Waals surface area contributed by atoms with Gasteiger partial charge in [-0.05, 0) is 78.4 Å². The lowest BCUT2D eigenvalue weighted by atomic mass is 9.43. The molecule has 3 aromatic rings. The Morgan fingerprint density at radius 2 is 1.44 bits per heavy atom. The molecular weight excluding hydrogens is 859 g/mol. The van der Waals surface area contributed by atoms with Gasteiger partial charge in [-0.2, -0.15) is 0 Å². The van der Waals surface area contributed by atoms with Crippen molar-refractivity contribution in [2.24, 2.45) is 22.7 Å². The summed E-state index contributed by atoms with van der Waals surface area (Å²) < 4.78 is 32.4. The first kappa shape index (κ1) is 48.9. The van der Waals surface area contributed by atoms with Crippen LogP contribution in [0.5, 0.6) is 0 Å². The Bertz CT molecular complexity index is 2380. The highest BCUT2D eigenvalue weighted by molar-refractivity contribution is 6.74. The van der Waals surface area contributed by atoms with Crippen LogP contribution in [-0.4, -0.2) is 96.5 Å². The van der Waals surface area contributed by atoms with Gasteiger partial charge in [0.25, 0.3) is 5.91 Å². The van der Waals surface area contributed by atoms with E-state index in [4.69, 9.17) is 23.4 Å². The molecule has 2 bridgehead atoms. The van der Waals surface area contributed by atoms with Crippen molar-refractivity contribution >= 4 is 37.9 Å². The molecule has 354 valence electrons. The standard InChI is InChI=1S/C52H65NO12Si/c1-30-27-37-51(29-61-37,64-32(3)54)42-44(63-46(58)35-25-19-14-20-26-35)52(60)28-36(31(2)38(49(52,7)8)40(55)43(56)50(30,42)9)62-47(59)41(65-66(10,11)48(4,5)6)39(33-21-15-12-16-22-33)53-45(57)34-23-17-13-18-24-34/h12-26,30,36-37,39-42,44,55,60H,27-29H2,1-11H3,(H,53,57)/t30-,36-,37?,39-,40+,41-,42-,44-,50+,51-,52+/m0/s1. The first-order valence-corrected chi connectivity index (χ1v) is 25.7. The maximum absolute atomic E-state index is 15.4. The molecular formula is C52H65NO12Si. The minimum atomic E-state index is -2.87. The van der Waals surface area contributed by atoms with Gasteiger partial charge in [0.15, 0.2) is 25.8 Å². The zero-order chi connectivity index (χ0) is 48.4. The Morgan fingerprint density at radius 1 is 0.879 bits per heavy atom. The third kappa shape index (κ3) is 8.16. The Kier molecular flexibility index (Phi) is 13.0. The molecule has 3 aliphatic carbocycles. The number of nitrogens with one attached hydrogen (secondary N) is 1. The SMILES string of the molecule is CC(=O)O[C@@]12COC1C[C@H](C)[C@@]1(C)C(=O)[C@H](O)C3=C(C)[C@@H](OC(=O)[C@@H](O[Si](C)(C)C(C)(C)C)[C@@H](NC(=O)c4ccccc4)c4ccccc4)C[C@@](O)([C@@H](OC(=O)c4ccccc4)[C@@H]12)C3(C)C. The highest BCUT2D eigenvalue weighted by atomic mass is 28.4. The fourth-order valence-corrected chi connectivity index (χ4v) is 12.1. The molecule has 1 heterocycles. The number of amides is 1. The van der Waals surface area contributed by atoms with Crippen LogP contribution in [0.15, 0.2) is 102 Å². The highest BCUT2D eigenvalue weighted by Crippen LogP contribution is 2.65. The number of Topliss-reactive ketones (excluding diaryl/α,β-unsaturated/α-hetero) is 1. The highest BCUT2D eigenvalue weighted by Gasteiger charge is 2.77. The van der Waals surface area contributed by atoms with Gasteiger partial charge in [0.2, 0.25) is 0 Å². The molecule has 2 saturated carbocycles. The topological polar surface area (TPSA) is 184 Å². The number of aliphatic hydroxyl groups excluding tert-OH is 1. The van der Waals surface area contributed by atoms with Crippen LogP contribution in [0.25, 0.3) is 0 Å². The lowest BCUT2D eigenvalue weighted by Gasteiger charge is -2.68. The molecule has 0 spiro atoms. The van der Waals surface area contributed by atoms with Gasteiger partial charge < -0.3 is 38.9 Å². The summed E-state index contributed by atoms with van der Waals surface area (Å²) in [4.78, 5) is 72.3. The summed E-state index contributed by atoms with van der Waals surface area (Å²) in [5, 5.41) is 29.1. The molecule has 11 atom stereocenters. The van der Waals surface area contributed by atoms with Crippen LogP contribution in [0, 0.1) is 22.7 Å². The van der Waals surface area contributed by atoms with Crippen LogP contribution < -0.4 is 5.32 Å². The molecule has 1 amide bonds. The predicted octanol–water partition coefficient (Wildman–Crippen LogP) is 7.47. The zero-order valence-corrected chi connectivity index (χ0v) is 40.9. The molecule has 3 N–H and O–H groups in total. The summed E-state index contributed by atoms with van der Waals surface area (Å²) in [6.07, 6.45) is -7.04. The smallest absolute Gasteiger partial charge is 0.338 e. The average molecular weight is 924 g/mol. The van der Waals surface area contributed by atoms with E-state index in [1.807, 2.05) is 46.9 Å². The van der Waals surface area contributed by atoms with Gasteiger partial charge in [-0.1, -0.05) is 115 Å². The van der Waals surface area contributed by atoms with Gasteiger partial charge >= 0.3 is 17.9 Å². The number of esters is 3. The molecule has 7 rings (SSSR count). The number of benzene rings is 3. The van der Waals surface area contributed by atoms with E-state index >= 15 is 9.59 Å². The first-order chi connectivity index (χ1) is 30.8. The Labute approximate surface area is 388 Å². The van der Waals surface area contributed by atoms with Gasteiger partial charge in [-0.15, -0.1) is 0 Å². The van der Waals surface area contributed by atoms with E-state index in [9.17, 15) is 24.6 Å². The summed E-state index contributed by atoms with van der Waals surface area (Å²) >= 11 is 0. The number of hydrogen-bond donors (Lipinski definition) is 3. The largest absolute Gasteiger partial charge is 0.456 e. The Morgan fingerprint density at radius 3 is 1.97 bits per heavy atom. The number of fused-ring (bicyclic) bond motifs is 5. The van der Waals surface area contributed by atoms with Gasteiger partial charge in [0.05, 0.1) is 24.1 Å². The van der Waals surface area contributed by atoms with Gasteiger partial charge in [0, 0.05) is 29.7 Å². The minimum absolute atomic E-state index is 0.110. The van der Waals surface area contributed by atoms with E-state index in [1.54, 1.807) is 113 Å². The van der Waals surface area contributed by atoms with Crippen molar-refractivity contribution in [1.82, 2.24) is 5.32 Å². The molecule has 14 heteroatoms. The van der Waals surface area contributed by atoms with E-state index < -0.39 is 113 Å². The number of carbonyl (C=O) groups is 5. The first-order valence-electron chi connectivity index (χ1n) is 22.8. The van der Waals surface area contributed by atoms with Crippen molar-refractivity contribution in [3.63, 3.8) is 0 Å². The third-order valence-electron chi connectivity index (χ3n) is 15.9. The molecule has 66 heavy (non-hydrogen) atoms. The number of aliphatic hydroxyl groups is 2. The number of hydrogen-bond acceptors (Lipinski definition) is 12. The van der Waals surface area contributed by atoms with Crippen LogP contribution in [0.1, 0.15) is 107 Å². The molecule has 0 radical (unpaired) electrons. The fraction of sp³-hybridized carbons (Fsp3) is 0.519. The Hall–Kier alpha value is -4.99. The molecule has 13 nitrogen and oxygen atoms in total. The lowest BCUT2D eigenvalue weighted by molar-refractivity contribution is -0.340. The molecule has 1 unspecified atom stereocenters. The molecule has 1 saturated heterocycles. The van der Waals surface area contributed by atoms with E-state index in [-0.39, 0.29) is 30.6 Å². The fourth-order valence-electron chi connectivity index (χ4n) is 10.8. The maximum atomic E-state index is 15.4. The van der Waals surface area contributed by atoms with Crippen molar-refractivity contribution in [2.45, 2.75) is 141 Å². The normalized spacial score (nSPS) is 31.3. The quantitative estimate of drug-likeness (QED) is 0.0748. The summed E-state index contributed by atoms with van der Waals surface area (Å²) in [6, 6.07) is 24.7. The molecule has 1 aliphatic heterocycles. The van der Waals surface area contributed by atoms with Crippen molar-refractivity contribution in [1.29, 1.82) is 0 Å². The minimum Gasteiger partial charge on any atom is -0.456 e. The summed E-state index contributed by atoms with van der Waals surface area (Å²) in [5.74, 6) is -5.20. The molecule has 3 aromatic carbocycles. The van der Waals surface area contributed by atoms with Crippen molar-refractivity contribution in [3.8, 4) is 0 Å². The molecule has 3 fully saturated rings. The van der Waals surface area contributed by atoms with Crippen LogP contribution in [-0.2, 0) is 37.8 Å².